The molecule has 11 nitrogen and oxygen atoms in total. The van der Waals surface area contributed by atoms with Crippen molar-refractivity contribution in [2.75, 3.05) is 32.6 Å². The molecule has 1 atom stereocenters. The van der Waals surface area contributed by atoms with Gasteiger partial charge in [-0.3, -0.25) is 9.59 Å². The molecule has 2 N–H and O–H groups in total. The van der Waals surface area contributed by atoms with Gasteiger partial charge < -0.3 is 34.2 Å². The third-order valence-corrected chi connectivity index (χ3v) is 9.12. The number of benzene rings is 3. The van der Waals surface area contributed by atoms with Gasteiger partial charge in [-0.15, -0.1) is 0 Å². The molecule has 0 bridgehead atoms. The second-order valence-corrected chi connectivity index (χ2v) is 12.9. The van der Waals surface area contributed by atoms with Crippen LogP contribution < -0.4 is 20.1 Å². The molecule has 0 saturated heterocycles. The van der Waals surface area contributed by atoms with Crippen LogP contribution in [-0.2, 0) is 16.8 Å². The molecule has 5 aromatic rings. The molecule has 52 heavy (non-hydrogen) atoms. The number of rotatable bonds is 19. The summed E-state index contributed by atoms with van der Waals surface area (Å²) in [7, 11) is 3.36. The fourth-order valence-corrected chi connectivity index (χ4v) is 5.91. The number of aldehydes is 2. The number of nitrogens with one attached hydrogen (secondary N) is 2. The van der Waals surface area contributed by atoms with Gasteiger partial charge in [-0.05, 0) is 78.6 Å². The van der Waals surface area contributed by atoms with Crippen LogP contribution in [0.4, 0.5) is 5.69 Å². The molecule has 5 rings (SSSR count). The number of ether oxygens (including phenoxy) is 2. The van der Waals surface area contributed by atoms with Crippen LogP contribution >= 0.6 is 0 Å². The summed E-state index contributed by atoms with van der Waals surface area (Å²) in [6.45, 7) is 9.65. The summed E-state index contributed by atoms with van der Waals surface area (Å²) in [4.78, 5) is 46.3. The number of hydrogen-bond donors (Lipinski definition) is 2. The number of carbonyl (C=O) groups excluding carboxylic acids is 3. The maximum atomic E-state index is 13.3. The molecule has 1 unspecified atom stereocenters. The van der Waals surface area contributed by atoms with Crippen LogP contribution in [0.5, 0.6) is 11.5 Å². The number of fused-ring (bicyclic) bond motifs is 1. The molecule has 0 radical (unpaired) electrons. The van der Waals surface area contributed by atoms with E-state index >= 15 is 0 Å². The minimum Gasteiger partial charge on any atom is -0.494 e. The molecule has 11 heteroatoms. The maximum Gasteiger partial charge on any atom is 0.254 e. The van der Waals surface area contributed by atoms with Crippen molar-refractivity contribution >= 4 is 35.4 Å². The lowest BCUT2D eigenvalue weighted by molar-refractivity contribution is -0.108. The molecule has 0 saturated carbocycles. The topological polar surface area (TPSA) is 136 Å². The average molecular weight is 704 g/mol. The fraction of sp³-hybridized carbons (Fsp3) is 0.293. The van der Waals surface area contributed by atoms with Gasteiger partial charge in [0.15, 0.2) is 24.1 Å². The molecule has 0 aliphatic carbocycles. The highest BCUT2D eigenvalue weighted by atomic mass is 16.5. The van der Waals surface area contributed by atoms with Gasteiger partial charge in [0.05, 0.1) is 18.2 Å². The average Bonchev–Trinajstić information content (AvgIpc) is 3.60. The molecule has 0 spiro atoms. The second-order valence-electron chi connectivity index (χ2n) is 12.9. The van der Waals surface area contributed by atoms with Crippen molar-refractivity contribution in [2.24, 2.45) is 0 Å². The SMILES string of the molecule is C=C(NC)C(CCC=O)N(C)C(=O)c1ccc(NCCCOc2ccc(C(C)(C)c3ccc(OCc4nc5ncccc5o4)cc3)cc2)cc1C=O. The van der Waals surface area contributed by atoms with Gasteiger partial charge in [-0.2, -0.15) is 4.98 Å². The lowest BCUT2D eigenvalue weighted by Crippen LogP contribution is -2.41. The largest absolute Gasteiger partial charge is 0.494 e. The highest BCUT2D eigenvalue weighted by Crippen LogP contribution is 2.33. The molecule has 0 aliphatic heterocycles. The first kappa shape index (κ1) is 37.3. The van der Waals surface area contributed by atoms with Crippen LogP contribution in [0.3, 0.4) is 0 Å². The van der Waals surface area contributed by atoms with Crippen molar-refractivity contribution in [1.29, 1.82) is 0 Å². The zero-order valence-electron chi connectivity index (χ0n) is 30.1. The summed E-state index contributed by atoms with van der Waals surface area (Å²) in [5, 5.41) is 6.27. The molecular formula is C41H45N5O6. The van der Waals surface area contributed by atoms with Crippen LogP contribution in [0.2, 0.25) is 0 Å². The van der Waals surface area contributed by atoms with Crippen molar-refractivity contribution < 1.29 is 28.3 Å². The van der Waals surface area contributed by atoms with E-state index < -0.39 is 6.04 Å². The molecule has 0 aliphatic rings. The fourth-order valence-electron chi connectivity index (χ4n) is 5.91. The molecule has 3 aromatic carbocycles. The van der Waals surface area contributed by atoms with Crippen LogP contribution in [0.15, 0.2) is 102 Å². The van der Waals surface area contributed by atoms with E-state index in [0.29, 0.717) is 48.7 Å². The van der Waals surface area contributed by atoms with Gasteiger partial charge in [-0.25, -0.2) is 4.98 Å². The quantitative estimate of drug-likeness (QED) is 0.0685. The third-order valence-electron chi connectivity index (χ3n) is 9.12. The summed E-state index contributed by atoms with van der Waals surface area (Å²) in [6.07, 6.45) is 4.61. The molecule has 0 fully saturated rings. The molecule has 1 amide bonds. The van der Waals surface area contributed by atoms with Gasteiger partial charge in [0.25, 0.3) is 5.91 Å². The molecular weight excluding hydrogens is 658 g/mol. The highest BCUT2D eigenvalue weighted by molar-refractivity contribution is 6.02. The number of anilines is 1. The van der Waals surface area contributed by atoms with E-state index in [1.54, 1.807) is 38.5 Å². The zero-order chi connectivity index (χ0) is 37.1. The number of carbonyl (C=O) groups is 3. The van der Waals surface area contributed by atoms with Gasteiger partial charge in [0, 0.05) is 55.6 Å². The Hall–Kier alpha value is -5.97. The zero-order valence-corrected chi connectivity index (χ0v) is 30.1. The Labute approximate surface area is 304 Å². The number of nitrogens with zero attached hydrogens (tertiary/aromatic N) is 3. The summed E-state index contributed by atoms with van der Waals surface area (Å²) in [5.74, 6) is 1.66. The van der Waals surface area contributed by atoms with E-state index in [4.69, 9.17) is 13.9 Å². The lowest BCUT2D eigenvalue weighted by atomic mass is 9.78. The minimum atomic E-state index is -0.390. The van der Waals surface area contributed by atoms with E-state index in [9.17, 15) is 14.4 Å². The Morgan fingerprint density at radius 2 is 1.69 bits per heavy atom. The Morgan fingerprint density at radius 3 is 2.33 bits per heavy atom. The second kappa shape index (κ2) is 17.3. The lowest BCUT2D eigenvalue weighted by Gasteiger charge is -2.30. The number of oxazole rings is 1. The third kappa shape index (κ3) is 9.03. The van der Waals surface area contributed by atoms with E-state index in [-0.39, 0.29) is 35.5 Å². The van der Waals surface area contributed by atoms with Crippen molar-refractivity contribution in [2.45, 2.75) is 51.2 Å². The Bertz CT molecular complexity index is 1950. The minimum absolute atomic E-state index is 0.214. The predicted octanol–water partition coefficient (Wildman–Crippen LogP) is 6.97. The number of aromatic nitrogens is 2. The number of pyridine rings is 1. The van der Waals surface area contributed by atoms with Gasteiger partial charge in [-0.1, -0.05) is 44.7 Å². The van der Waals surface area contributed by atoms with Gasteiger partial charge in [0.2, 0.25) is 5.89 Å². The standard InChI is InChI=1S/C41H45N5O6/c1-28(42-4)36(9-7-23-47)46(5)40(49)35-20-15-32(25-29(35)26-48)43-22-8-24-50-33-16-11-30(12-17-33)41(2,3)31-13-18-34(19-14-31)51-27-38-45-39-37(52-38)10-6-21-44-39/h6,10-21,23,25-26,36,42-43H,1,7-9,22,24,27H2,2-5H3. The van der Waals surface area contributed by atoms with Crippen molar-refractivity contribution in [3.05, 3.63) is 125 Å². The van der Waals surface area contributed by atoms with Crippen LogP contribution in [0.1, 0.15) is 70.8 Å². The summed E-state index contributed by atoms with van der Waals surface area (Å²) >= 11 is 0. The van der Waals surface area contributed by atoms with E-state index in [0.717, 1.165) is 41.0 Å². The first-order chi connectivity index (χ1) is 25.1. The predicted molar refractivity (Wildman–Crippen MR) is 201 cm³/mol. The number of hydrogen-bond acceptors (Lipinski definition) is 10. The van der Waals surface area contributed by atoms with E-state index in [1.165, 1.54) is 4.90 Å². The Balaban J connectivity index is 1.08. The number of likely N-dealkylation sites (N-methyl/N-ethyl adjacent to an activating group) is 2. The summed E-state index contributed by atoms with van der Waals surface area (Å²) < 4.78 is 17.6. The van der Waals surface area contributed by atoms with Crippen LogP contribution in [-0.4, -0.2) is 66.6 Å². The van der Waals surface area contributed by atoms with Crippen molar-refractivity contribution in [3.8, 4) is 11.5 Å². The highest BCUT2D eigenvalue weighted by Gasteiger charge is 2.25. The Morgan fingerprint density at radius 1 is 1.00 bits per heavy atom. The first-order valence-corrected chi connectivity index (χ1v) is 17.2. The number of amides is 1. The van der Waals surface area contributed by atoms with Crippen LogP contribution in [0, 0.1) is 0 Å². The summed E-state index contributed by atoms with van der Waals surface area (Å²) in [5.41, 5.74) is 5.16. The van der Waals surface area contributed by atoms with Crippen molar-refractivity contribution in [3.63, 3.8) is 0 Å². The van der Waals surface area contributed by atoms with Crippen LogP contribution in [0.25, 0.3) is 11.2 Å². The van der Waals surface area contributed by atoms with Gasteiger partial charge >= 0.3 is 0 Å². The monoisotopic (exact) mass is 703 g/mol. The smallest absolute Gasteiger partial charge is 0.254 e. The normalized spacial score (nSPS) is 11.8. The maximum absolute atomic E-state index is 13.3. The molecule has 270 valence electrons. The Kier molecular flexibility index (Phi) is 12.4. The summed E-state index contributed by atoms with van der Waals surface area (Å²) in [6, 6.07) is 24.5. The molecule has 2 aromatic heterocycles. The van der Waals surface area contributed by atoms with E-state index in [2.05, 4.69) is 65.3 Å². The molecule has 2 heterocycles. The van der Waals surface area contributed by atoms with E-state index in [1.807, 2.05) is 36.4 Å². The van der Waals surface area contributed by atoms with Gasteiger partial charge in [0.1, 0.15) is 17.8 Å². The van der Waals surface area contributed by atoms with Crippen molar-refractivity contribution in [1.82, 2.24) is 20.2 Å². The first-order valence-electron chi connectivity index (χ1n) is 17.2.